The van der Waals surface area contributed by atoms with E-state index in [1.165, 1.54) is 6.07 Å². The van der Waals surface area contributed by atoms with E-state index in [4.69, 9.17) is 16.5 Å². The molecule has 5 rings (SSSR count). The number of aromatic nitrogens is 1. The minimum absolute atomic E-state index is 0.0608. The molecule has 2 heterocycles. The fraction of sp³-hybridized carbons (Fsp3) is 0.357. The molecular weight excluding hydrogens is 380 g/mol. The first-order chi connectivity index (χ1) is 17.4. The molecule has 0 radical (unpaired) electrons. The molecule has 3 nitrogen and oxygen atoms in total. The zero-order chi connectivity index (χ0) is 26.9. The van der Waals surface area contributed by atoms with E-state index in [1.54, 1.807) is 6.07 Å². The number of furan rings is 1. The monoisotopic (exact) mass is 415 g/mol. The van der Waals surface area contributed by atoms with Gasteiger partial charge in [-0.05, 0) is 55.3 Å². The van der Waals surface area contributed by atoms with Gasteiger partial charge in [-0.25, -0.2) is 4.85 Å². The lowest BCUT2D eigenvalue weighted by Crippen LogP contribution is -2.35. The molecule has 0 bridgehead atoms. The fourth-order valence-electron chi connectivity index (χ4n) is 4.71. The van der Waals surface area contributed by atoms with Crippen molar-refractivity contribution >= 4 is 27.6 Å². The lowest BCUT2D eigenvalue weighted by molar-refractivity contribution is -0.666. The van der Waals surface area contributed by atoms with Gasteiger partial charge in [-0.1, -0.05) is 37.5 Å². The van der Waals surface area contributed by atoms with Crippen LogP contribution in [0.5, 0.6) is 0 Å². The highest BCUT2D eigenvalue weighted by atomic mass is 16.3. The van der Waals surface area contributed by atoms with Gasteiger partial charge in [0.2, 0.25) is 5.69 Å². The minimum Gasteiger partial charge on any atom is -0.456 e. The number of hydrogen-bond donors (Lipinski definition) is 0. The van der Waals surface area contributed by atoms with Crippen LogP contribution in [0.3, 0.4) is 0 Å². The van der Waals surface area contributed by atoms with E-state index in [9.17, 15) is 2.74 Å². The molecule has 1 aliphatic carbocycles. The Hall–Kier alpha value is -3.12. The van der Waals surface area contributed by atoms with E-state index in [0.29, 0.717) is 57.3 Å². The lowest BCUT2D eigenvalue weighted by atomic mass is 9.83. The van der Waals surface area contributed by atoms with E-state index in [1.807, 2.05) is 37.6 Å². The fourth-order valence-corrected chi connectivity index (χ4v) is 4.71. The van der Waals surface area contributed by atoms with Gasteiger partial charge in [0.05, 0.1) is 14.9 Å². The number of pyridine rings is 1. The van der Waals surface area contributed by atoms with E-state index >= 15 is 0 Å². The molecule has 1 aliphatic rings. The summed E-state index contributed by atoms with van der Waals surface area (Å²) in [4.78, 5) is 3.45. The van der Waals surface area contributed by atoms with Gasteiger partial charge >= 0.3 is 0 Å². The van der Waals surface area contributed by atoms with E-state index in [-0.39, 0.29) is 23.3 Å². The van der Waals surface area contributed by atoms with Crippen LogP contribution in [0.2, 0.25) is 0 Å². The van der Waals surface area contributed by atoms with Crippen molar-refractivity contribution in [2.75, 3.05) is 0 Å². The molecule has 1 saturated carbocycles. The SMILES string of the molecule is [2H]c1c(C2([2H])CCCCC2)c([2H])c(-c2c(C)ccc3c2oc2cc([N+]#[C-])cc(C([2H])([2H])[2H])c23)[n+](C)c1C. The van der Waals surface area contributed by atoms with Crippen LogP contribution in [0.1, 0.15) is 68.6 Å². The predicted octanol–water partition coefficient (Wildman–Crippen LogP) is 7.60. The van der Waals surface area contributed by atoms with Crippen LogP contribution in [0, 0.1) is 27.3 Å². The molecule has 0 spiro atoms. The zero-order valence-corrected chi connectivity index (χ0v) is 18.1. The maximum absolute atomic E-state index is 9.30. The molecule has 0 atom stereocenters. The number of nitrogens with zero attached hydrogens (tertiary/aromatic N) is 2. The quantitative estimate of drug-likeness (QED) is 0.244. The highest BCUT2D eigenvalue weighted by molar-refractivity contribution is 6.11. The number of rotatable bonds is 2. The molecule has 1 fully saturated rings. The van der Waals surface area contributed by atoms with Gasteiger partial charge in [-0.3, -0.25) is 0 Å². The molecule has 0 saturated heterocycles. The molecule has 0 amide bonds. The topological polar surface area (TPSA) is 21.4 Å². The smallest absolute Gasteiger partial charge is 0.216 e. The minimum atomic E-state index is -2.44. The third-order valence-electron chi connectivity index (χ3n) is 6.50. The molecule has 4 aromatic rings. The first kappa shape index (κ1) is 14.0. The molecule has 0 unspecified atom stereocenters. The number of aryl methyl sites for hydroxylation is 2. The Bertz CT molecular complexity index is 1620. The van der Waals surface area contributed by atoms with Crippen LogP contribution in [0.4, 0.5) is 5.69 Å². The Balaban J connectivity index is 1.91. The summed E-state index contributed by atoms with van der Waals surface area (Å²) >= 11 is 0. The van der Waals surface area contributed by atoms with Crippen LogP contribution in [0.15, 0.2) is 40.8 Å². The first-order valence-electron chi connectivity index (χ1n) is 13.8. The second-order valence-corrected chi connectivity index (χ2v) is 8.50. The van der Waals surface area contributed by atoms with Crippen LogP contribution >= 0.6 is 0 Å². The van der Waals surface area contributed by atoms with Crippen molar-refractivity contribution in [1.82, 2.24) is 0 Å². The Morgan fingerprint density at radius 1 is 1.16 bits per heavy atom. The van der Waals surface area contributed by atoms with Crippen LogP contribution < -0.4 is 4.57 Å². The van der Waals surface area contributed by atoms with Gasteiger partial charge < -0.3 is 4.42 Å². The van der Waals surface area contributed by atoms with Crippen molar-refractivity contribution < 1.29 is 17.2 Å². The van der Waals surface area contributed by atoms with Gasteiger partial charge in [-0.15, -0.1) is 0 Å². The summed E-state index contributed by atoms with van der Waals surface area (Å²) in [5, 5.41) is 1.04. The zero-order valence-electron chi connectivity index (χ0n) is 24.1. The summed E-state index contributed by atoms with van der Waals surface area (Å²) < 4.78 is 59.8. The van der Waals surface area contributed by atoms with Crippen molar-refractivity contribution in [2.24, 2.45) is 7.05 Å². The van der Waals surface area contributed by atoms with Crippen molar-refractivity contribution in [1.29, 1.82) is 0 Å². The number of fused-ring (bicyclic) bond motifs is 3. The molecule has 0 aliphatic heterocycles. The average Bonchev–Trinajstić information content (AvgIpc) is 3.21. The van der Waals surface area contributed by atoms with Crippen molar-refractivity contribution in [3.8, 4) is 11.3 Å². The van der Waals surface area contributed by atoms with Gasteiger partial charge in [0.15, 0.2) is 11.4 Å². The largest absolute Gasteiger partial charge is 0.456 e. The third-order valence-corrected chi connectivity index (χ3v) is 6.50. The van der Waals surface area contributed by atoms with E-state index < -0.39 is 12.7 Å². The van der Waals surface area contributed by atoms with Crippen molar-refractivity contribution in [3.05, 3.63) is 70.2 Å². The second kappa shape index (κ2) is 7.54. The Morgan fingerprint density at radius 3 is 2.71 bits per heavy atom. The summed E-state index contributed by atoms with van der Waals surface area (Å²) in [6, 6.07) is 7.05. The highest BCUT2D eigenvalue weighted by Gasteiger charge is 2.25. The van der Waals surface area contributed by atoms with E-state index in [0.717, 1.165) is 24.8 Å². The third kappa shape index (κ3) is 3.22. The predicted molar refractivity (Wildman–Crippen MR) is 127 cm³/mol. The maximum Gasteiger partial charge on any atom is 0.216 e. The first-order valence-corrected chi connectivity index (χ1v) is 10.8. The van der Waals surface area contributed by atoms with Crippen LogP contribution in [0.25, 0.3) is 38.0 Å². The Kier molecular flexibility index (Phi) is 3.41. The Morgan fingerprint density at radius 2 is 1.97 bits per heavy atom. The maximum atomic E-state index is 9.30. The second-order valence-electron chi connectivity index (χ2n) is 8.50. The summed E-state index contributed by atoms with van der Waals surface area (Å²) in [7, 11) is 1.81. The molecule has 2 aromatic heterocycles. The summed E-state index contributed by atoms with van der Waals surface area (Å²) in [6.07, 6.45) is 4.09. The summed E-state index contributed by atoms with van der Waals surface area (Å²) in [6.45, 7) is 8.75. The number of hydrogen-bond acceptors (Lipinski definition) is 1. The van der Waals surface area contributed by atoms with Crippen molar-refractivity contribution in [2.45, 2.75) is 58.7 Å². The lowest BCUT2D eigenvalue weighted by Gasteiger charge is -2.22. The van der Waals surface area contributed by atoms with Gasteiger partial charge in [0.25, 0.3) is 0 Å². The molecule has 0 N–H and O–H groups in total. The molecular formula is C28H29N2O+. The van der Waals surface area contributed by atoms with Gasteiger partial charge in [-0.2, -0.15) is 4.57 Å². The average molecular weight is 416 g/mol. The molecule has 2 aromatic carbocycles. The van der Waals surface area contributed by atoms with Crippen LogP contribution in [-0.2, 0) is 7.05 Å². The van der Waals surface area contributed by atoms with Crippen LogP contribution in [-0.4, -0.2) is 0 Å². The molecule has 3 heteroatoms. The highest BCUT2D eigenvalue weighted by Crippen LogP contribution is 2.41. The summed E-state index contributed by atoms with van der Waals surface area (Å²) in [5.41, 5.74) is 4.13. The molecule has 156 valence electrons. The summed E-state index contributed by atoms with van der Waals surface area (Å²) in [5.74, 6) is -0.991. The van der Waals surface area contributed by atoms with E-state index in [2.05, 4.69) is 4.85 Å². The number of benzene rings is 2. The van der Waals surface area contributed by atoms with Gasteiger partial charge in [0.1, 0.15) is 18.2 Å². The van der Waals surface area contributed by atoms with Crippen molar-refractivity contribution in [3.63, 3.8) is 0 Å². The van der Waals surface area contributed by atoms with Gasteiger partial charge in [0, 0.05) is 35.3 Å². The standard InChI is InChI=1S/C28H29N2O/c1-17-11-12-23-26-18(2)13-22(29-4)16-25(26)31-28(23)27(17)24-15-21(14-19(3)30(24)5)20-9-7-6-8-10-20/h11-16,20H,6-10H2,1-3,5H3/q+1/i2D3,14D,15D,20D. The Labute approximate surface area is 192 Å². The molecule has 31 heavy (non-hydrogen) atoms. The normalized spacial score (nSPS) is 19.2.